The number of piperazine rings is 1. The number of hydrogen-bond donors (Lipinski definition) is 1. The van der Waals surface area contributed by atoms with Crippen LogP contribution in [0.5, 0.6) is 0 Å². The number of hydrogen-bond acceptors (Lipinski definition) is 3. The van der Waals surface area contributed by atoms with Crippen LogP contribution in [0.4, 0.5) is 5.69 Å². The molecule has 0 amide bonds. The molecule has 4 heteroatoms. The molecule has 2 aliphatic heterocycles. The van der Waals surface area contributed by atoms with Crippen molar-refractivity contribution in [2.45, 2.75) is 6.04 Å². The van der Waals surface area contributed by atoms with Gasteiger partial charge in [0, 0.05) is 56.0 Å². The van der Waals surface area contributed by atoms with Crippen LogP contribution in [0, 0.1) is 0 Å². The van der Waals surface area contributed by atoms with E-state index in [0.29, 0.717) is 0 Å². The van der Waals surface area contributed by atoms with Gasteiger partial charge in [0.05, 0.1) is 0 Å². The fourth-order valence-corrected chi connectivity index (χ4v) is 2.65. The lowest BCUT2D eigenvalue weighted by Crippen LogP contribution is -2.61. The van der Waals surface area contributed by atoms with Crippen LogP contribution >= 0.6 is 11.6 Å². The van der Waals surface area contributed by atoms with Crippen molar-refractivity contribution in [3.63, 3.8) is 0 Å². The molecular formula is C13H18ClN3. The van der Waals surface area contributed by atoms with Gasteiger partial charge in [0.1, 0.15) is 0 Å². The number of anilines is 1. The van der Waals surface area contributed by atoms with E-state index in [1.165, 1.54) is 31.9 Å². The standard InChI is InChI=1S/C13H18ClN3/c14-11-1-3-12(4-2-11)16-5-7-17(8-6-16)13-9-15-10-13/h1-4,13,15H,5-10H2. The molecule has 0 spiro atoms. The fraction of sp³-hybridized carbons (Fsp3) is 0.538. The van der Waals surface area contributed by atoms with Crippen molar-refractivity contribution in [1.82, 2.24) is 10.2 Å². The molecule has 2 saturated heterocycles. The summed E-state index contributed by atoms with van der Waals surface area (Å²) in [4.78, 5) is 5.04. The van der Waals surface area contributed by atoms with Crippen molar-refractivity contribution in [1.29, 1.82) is 0 Å². The van der Waals surface area contributed by atoms with Crippen molar-refractivity contribution in [2.75, 3.05) is 44.2 Å². The summed E-state index contributed by atoms with van der Waals surface area (Å²) in [7, 11) is 0. The normalized spacial score (nSPS) is 22.5. The van der Waals surface area contributed by atoms with Crippen LogP contribution in [0.25, 0.3) is 0 Å². The molecule has 0 atom stereocenters. The second-order valence-electron chi connectivity index (χ2n) is 4.81. The second-order valence-corrected chi connectivity index (χ2v) is 5.25. The molecule has 92 valence electrons. The maximum absolute atomic E-state index is 5.91. The summed E-state index contributed by atoms with van der Waals surface area (Å²) in [5.74, 6) is 0. The van der Waals surface area contributed by atoms with Crippen molar-refractivity contribution < 1.29 is 0 Å². The van der Waals surface area contributed by atoms with Crippen molar-refractivity contribution in [2.24, 2.45) is 0 Å². The lowest BCUT2D eigenvalue weighted by atomic mass is 10.1. The smallest absolute Gasteiger partial charge is 0.0407 e. The lowest BCUT2D eigenvalue weighted by molar-refractivity contribution is 0.138. The van der Waals surface area contributed by atoms with Gasteiger partial charge in [-0.1, -0.05) is 11.6 Å². The first-order valence-corrected chi connectivity index (χ1v) is 6.66. The highest BCUT2D eigenvalue weighted by Crippen LogP contribution is 2.20. The maximum Gasteiger partial charge on any atom is 0.0407 e. The van der Waals surface area contributed by atoms with Gasteiger partial charge in [-0.3, -0.25) is 4.90 Å². The third kappa shape index (κ3) is 2.41. The average molecular weight is 252 g/mol. The molecule has 1 aromatic rings. The van der Waals surface area contributed by atoms with E-state index in [4.69, 9.17) is 11.6 Å². The molecule has 2 aliphatic rings. The molecular weight excluding hydrogens is 234 g/mol. The highest BCUT2D eigenvalue weighted by atomic mass is 35.5. The summed E-state index contributed by atoms with van der Waals surface area (Å²) in [5, 5.41) is 4.15. The Labute approximate surface area is 107 Å². The Bertz CT molecular complexity index is 367. The topological polar surface area (TPSA) is 18.5 Å². The molecule has 0 radical (unpaired) electrons. The van der Waals surface area contributed by atoms with Crippen LogP contribution in [0.15, 0.2) is 24.3 Å². The third-order valence-corrected chi connectivity index (χ3v) is 4.03. The highest BCUT2D eigenvalue weighted by molar-refractivity contribution is 6.30. The molecule has 0 unspecified atom stereocenters. The Hall–Kier alpha value is -0.770. The van der Waals surface area contributed by atoms with Crippen LogP contribution in [0.1, 0.15) is 0 Å². The quantitative estimate of drug-likeness (QED) is 0.858. The molecule has 3 rings (SSSR count). The predicted molar refractivity (Wildman–Crippen MR) is 71.9 cm³/mol. The van der Waals surface area contributed by atoms with Crippen molar-refractivity contribution >= 4 is 17.3 Å². The third-order valence-electron chi connectivity index (χ3n) is 3.78. The molecule has 2 heterocycles. The molecule has 17 heavy (non-hydrogen) atoms. The lowest BCUT2D eigenvalue weighted by Gasteiger charge is -2.43. The van der Waals surface area contributed by atoms with Gasteiger partial charge in [0.2, 0.25) is 0 Å². The summed E-state index contributed by atoms with van der Waals surface area (Å²) in [6.07, 6.45) is 0. The molecule has 3 nitrogen and oxygen atoms in total. The summed E-state index contributed by atoms with van der Waals surface area (Å²) in [5.41, 5.74) is 1.29. The zero-order chi connectivity index (χ0) is 11.7. The number of benzene rings is 1. The molecule has 2 fully saturated rings. The molecule has 1 N–H and O–H groups in total. The predicted octanol–water partition coefficient (Wildman–Crippen LogP) is 1.43. The van der Waals surface area contributed by atoms with E-state index in [1.807, 2.05) is 12.1 Å². The van der Waals surface area contributed by atoms with Crippen LogP contribution in [0.3, 0.4) is 0 Å². The minimum absolute atomic E-state index is 0.780. The van der Waals surface area contributed by atoms with Gasteiger partial charge in [-0.15, -0.1) is 0 Å². The summed E-state index contributed by atoms with van der Waals surface area (Å²) >= 11 is 5.91. The first kappa shape index (κ1) is 11.3. The first-order chi connectivity index (χ1) is 8.33. The molecule has 0 aliphatic carbocycles. The van der Waals surface area contributed by atoms with E-state index < -0.39 is 0 Å². The highest BCUT2D eigenvalue weighted by Gasteiger charge is 2.27. The number of halogens is 1. The Morgan fingerprint density at radius 2 is 1.65 bits per heavy atom. The SMILES string of the molecule is Clc1ccc(N2CCN(C3CNC3)CC2)cc1. The number of rotatable bonds is 2. The second kappa shape index (κ2) is 4.84. The summed E-state index contributed by atoms with van der Waals surface area (Å²) < 4.78 is 0. The number of nitrogens with zero attached hydrogens (tertiary/aromatic N) is 2. The Morgan fingerprint density at radius 1 is 1.00 bits per heavy atom. The minimum atomic E-state index is 0.780. The minimum Gasteiger partial charge on any atom is -0.369 e. The zero-order valence-electron chi connectivity index (χ0n) is 9.90. The Morgan fingerprint density at radius 3 is 2.18 bits per heavy atom. The van der Waals surface area contributed by atoms with Crippen LogP contribution in [0.2, 0.25) is 5.02 Å². The zero-order valence-corrected chi connectivity index (χ0v) is 10.7. The van der Waals surface area contributed by atoms with Gasteiger partial charge in [-0.25, -0.2) is 0 Å². The first-order valence-electron chi connectivity index (χ1n) is 6.28. The van der Waals surface area contributed by atoms with Crippen LogP contribution in [-0.2, 0) is 0 Å². The van der Waals surface area contributed by atoms with Gasteiger partial charge in [0.25, 0.3) is 0 Å². The average Bonchev–Trinajstić information content (AvgIpc) is 2.29. The monoisotopic (exact) mass is 251 g/mol. The van der Waals surface area contributed by atoms with Gasteiger partial charge in [-0.05, 0) is 24.3 Å². The summed E-state index contributed by atoms with van der Waals surface area (Å²) in [6, 6.07) is 8.95. The van der Waals surface area contributed by atoms with Gasteiger partial charge in [-0.2, -0.15) is 0 Å². The van der Waals surface area contributed by atoms with E-state index in [9.17, 15) is 0 Å². The van der Waals surface area contributed by atoms with E-state index in [-0.39, 0.29) is 0 Å². The van der Waals surface area contributed by atoms with E-state index in [2.05, 4.69) is 27.2 Å². The van der Waals surface area contributed by atoms with Crippen molar-refractivity contribution in [3.8, 4) is 0 Å². The Balaban J connectivity index is 1.58. The molecule has 0 bridgehead atoms. The Kier molecular flexibility index (Phi) is 3.23. The van der Waals surface area contributed by atoms with E-state index in [0.717, 1.165) is 24.2 Å². The summed E-state index contributed by atoms with van der Waals surface area (Å²) in [6.45, 7) is 6.93. The molecule has 1 aromatic carbocycles. The van der Waals surface area contributed by atoms with Gasteiger partial charge < -0.3 is 10.2 Å². The number of nitrogens with one attached hydrogen (secondary N) is 1. The van der Waals surface area contributed by atoms with E-state index >= 15 is 0 Å². The van der Waals surface area contributed by atoms with Crippen LogP contribution < -0.4 is 10.2 Å². The van der Waals surface area contributed by atoms with E-state index in [1.54, 1.807) is 0 Å². The van der Waals surface area contributed by atoms with Gasteiger partial charge >= 0.3 is 0 Å². The molecule has 0 aromatic heterocycles. The largest absolute Gasteiger partial charge is 0.369 e. The maximum atomic E-state index is 5.91. The van der Waals surface area contributed by atoms with Gasteiger partial charge in [0.15, 0.2) is 0 Å². The molecule has 0 saturated carbocycles. The van der Waals surface area contributed by atoms with Crippen molar-refractivity contribution in [3.05, 3.63) is 29.3 Å². The van der Waals surface area contributed by atoms with Crippen LogP contribution in [-0.4, -0.2) is 50.2 Å². The fourth-order valence-electron chi connectivity index (χ4n) is 2.53.